The first-order valence-electron chi connectivity index (χ1n) is 13.5. The van der Waals surface area contributed by atoms with Gasteiger partial charge in [-0.15, -0.1) is 0 Å². The fraction of sp³-hybridized carbons (Fsp3) is 0.323. The molecular weight excluding hydrogens is 492 g/mol. The molecule has 3 aromatic carbocycles. The smallest absolute Gasteiger partial charge is 0.269 e. The van der Waals surface area contributed by atoms with Gasteiger partial charge in [0.1, 0.15) is 5.75 Å². The lowest BCUT2D eigenvalue weighted by Crippen LogP contribution is -2.34. The molecule has 1 saturated heterocycles. The normalized spacial score (nSPS) is 14.4. The van der Waals surface area contributed by atoms with E-state index in [1.54, 1.807) is 19.2 Å². The molecule has 5 rings (SSSR count). The zero-order valence-electron chi connectivity index (χ0n) is 22.2. The quantitative estimate of drug-likeness (QED) is 0.210. The fourth-order valence-electron chi connectivity index (χ4n) is 5.46. The van der Waals surface area contributed by atoms with Crippen LogP contribution < -0.4 is 10.1 Å². The minimum atomic E-state index is -0.398. The number of hydrogen-bond donors (Lipinski definition) is 1. The Kier molecular flexibility index (Phi) is 8.22. The van der Waals surface area contributed by atoms with Crippen LogP contribution in [-0.4, -0.2) is 53.6 Å². The molecule has 1 atom stereocenters. The predicted octanol–water partition coefficient (Wildman–Crippen LogP) is 5.34. The number of nitro groups is 1. The van der Waals surface area contributed by atoms with Crippen molar-refractivity contribution >= 4 is 22.5 Å². The zero-order valence-corrected chi connectivity index (χ0v) is 22.2. The first kappa shape index (κ1) is 26.4. The van der Waals surface area contributed by atoms with E-state index in [4.69, 9.17) is 4.74 Å². The largest absolute Gasteiger partial charge is 0.497 e. The lowest BCUT2D eigenvalue weighted by Gasteiger charge is -2.19. The van der Waals surface area contributed by atoms with E-state index in [0.717, 1.165) is 53.0 Å². The number of nitrogens with zero attached hydrogens (tertiary/aromatic N) is 3. The third-order valence-corrected chi connectivity index (χ3v) is 7.55. The van der Waals surface area contributed by atoms with E-state index in [1.165, 1.54) is 25.0 Å². The summed E-state index contributed by atoms with van der Waals surface area (Å²) in [4.78, 5) is 26.4. The summed E-state index contributed by atoms with van der Waals surface area (Å²) in [6, 6.07) is 22.8. The van der Waals surface area contributed by atoms with Crippen molar-refractivity contribution in [2.24, 2.45) is 0 Å². The Labute approximate surface area is 228 Å². The van der Waals surface area contributed by atoms with Gasteiger partial charge in [0.05, 0.1) is 12.0 Å². The molecule has 202 valence electrons. The minimum absolute atomic E-state index is 0.0236. The van der Waals surface area contributed by atoms with Gasteiger partial charge in [-0.25, -0.2) is 0 Å². The summed E-state index contributed by atoms with van der Waals surface area (Å²) in [5.41, 5.74) is 4.15. The molecule has 1 aliphatic heterocycles. The number of nitro benzene ring substituents is 1. The van der Waals surface area contributed by atoms with Gasteiger partial charge in [0.2, 0.25) is 5.91 Å². The summed E-state index contributed by atoms with van der Waals surface area (Å²) in [5, 5.41) is 15.5. The maximum Gasteiger partial charge on any atom is 0.269 e. The van der Waals surface area contributed by atoms with Gasteiger partial charge < -0.3 is 19.5 Å². The van der Waals surface area contributed by atoms with Gasteiger partial charge >= 0.3 is 0 Å². The molecule has 1 aliphatic rings. The van der Waals surface area contributed by atoms with Crippen molar-refractivity contribution in [2.45, 2.75) is 31.7 Å². The number of aromatic nitrogens is 1. The van der Waals surface area contributed by atoms with Gasteiger partial charge in [0.15, 0.2) is 0 Å². The number of amides is 1. The lowest BCUT2D eigenvalue weighted by molar-refractivity contribution is -0.384. The van der Waals surface area contributed by atoms with Crippen LogP contribution in [0.15, 0.2) is 79.0 Å². The number of nitrogens with one attached hydrogen (secondary N) is 1. The number of para-hydroxylation sites is 1. The van der Waals surface area contributed by atoms with Crippen LogP contribution in [0.2, 0.25) is 0 Å². The van der Waals surface area contributed by atoms with Crippen molar-refractivity contribution in [2.75, 3.05) is 33.3 Å². The Balaban J connectivity index is 1.45. The van der Waals surface area contributed by atoms with Crippen LogP contribution in [0, 0.1) is 10.1 Å². The molecule has 0 aliphatic carbocycles. The molecule has 8 heteroatoms. The third kappa shape index (κ3) is 6.29. The molecule has 1 N–H and O–H groups in total. The average Bonchev–Trinajstić information content (AvgIpc) is 3.61. The van der Waals surface area contributed by atoms with E-state index < -0.39 is 4.92 Å². The minimum Gasteiger partial charge on any atom is -0.497 e. The standard InChI is InChI=1S/C31H34N4O4/c1-39-26-14-8-23(9-15-26)21-34-22-29(27-6-2-3-7-30(27)34)28(24-10-12-25(13-11-24)35(37)38)20-31(36)32-16-19-33-17-4-5-18-33/h2-3,6-15,22,28H,4-5,16-21H2,1H3,(H,32,36). The summed E-state index contributed by atoms with van der Waals surface area (Å²) in [5.74, 6) is 0.537. The van der Waals surface area contributed by atoms with Crippen LogP contribution >= 0.6 is 0 Å². The first-order valence-corrected chi connectivity index (χ1v) is 13.5. The Hall–Kier alpha value is -4.17. The number of carbonyl (C=O) groups is 1. The number of methoxy groups -OCH3 is 1. The van der Waals surface area contributed by atoms with Crippen molar-refractivity contribution in [1.29, 1.82) is 0 Å². The molecule has 4 aromatic rings. The van der Waals surface area contributed by atoms with Crippen LogP contribution in [0.25, 0.3) is 10.9 Å². The van der Waals surface area contributed by atoms with Crippen LogP contribution in [0.3, 0.4) is 0 Å². The van der Waals surface area contributed by atoms with Gasteiger partial charge in [0.25, 0.3) is 5.69 Å². The first-order chi connectivity index (χ1) is 19.0. The lowest BCUT2D eigenvalue weighted by atomic mass is 9.88. The van der Waals surface area contributed by atoms with Gasteiger partial charge in [-0.3, -0.25) is 14.9 Å². The van der Waals surface area contributed by atoms with Crippen molar-refractivity contribution < 1.29 is 14.5 Å². The number of ether oxygens (including phenoxy) is 1. The van der Waals surface area contributed by atoms with Crippen LogP contribution in [0.4, 0.5) is 5.69 Å². The molecule has 1 fully saturated rings. The highest BCUT2D eigenvalue weighted by Crippen LogP contribution is 2.36. The van der Waals surface area contributed by atoms with Crippen LogP contribution in [0.1, 0.15) is 41.9 Å². The average molecular weight is 527 g/mol. The number of carbonyl (C=O) groups excluding carboxylic acids is 1. The second kappa shape index (κ2) is 12.1. The number of fused-ring (bicyclic) bond motifs is 1. The molecule has 0 bridgehead atoms. The third-order valence-electron chi connectivity index (χ3n) is 7.55. The molecule has 0 radical (unpaired) electrons. The van der Waals surface area contributed by atoms with E-state index >= 15 is 0 Å². The summed E-state index contributed by atoms with van der Waals surface area (Å²) >= 11 is 0. The van der Waals surface area contributed by atoms with E-state index in [1.807, 2.05) is 24.3 Å². The van der Waals surface area contributed by atoms with Gasteiger partial charge in [0, 0.05) is 61.2 Å². The Bertz CT molecular complexity index is 1420. The number of rotatable bonds is 11. The van der Waals surface area contributed by atoms with Gasteiger partial charge in [-0.1, -0.05) is 42.5 Å². The van der Waals surface area contributed by atoms with E-state index in [0.29, 0.717) is 13.1 Å². The molecule has 1 amide bonds. The molecule has 1 aromatic heterocycles. The number of non-ortho nitro benzene ring substituents is 1. The van der Waals surface area contributed by atoms with Crippen molar-refractivity contribution in [3.05, 3.63) is 106 Å². The highest BCUT2D eigenvalue weighted by molar-refractivity contribution is 5.87. The van der Waals surface area contributed by atoms with E-state index in [2.05, 4.69) is 45.2 Å². The Morgan fingerprint density at radius 1 is 1.03 bits per heavy atom. The molecule has 8 nitrogen and oxygen atoms in total. The predicted molar refractivity (Wildman–Crippen MR) is 152 cm³/mol. The number of likely N-dealkylation sites (tertiary alicyclic amines) is 1. The zero-order chi connectivity index (χ0) is 27.2. The summed E-state index contributed by atoms with van der Waals surface area (Å²) in [6.45, 7) is 4.32. The highest BCUT2D eigenvalue weighted by Gasteiger charge is 2.24. The Morgan fingerprint density at radius 2 is 1.74 bits per heavy atom. The SMILES string of the molecule is COc1ccc(Cn2cc(C(CC(=O)NCCN3CCCC3)c3ccc([N+](=O)[O-])cc3)c3ccccc32)cc1. The van der Waals surface area contributed by atoms with Crippen molar-refractivity contribution in [3.63, 3.8) is 0 Å². The molecule has 1 unspecified atom stereocenters. The van der Waals surface area contributed by atoms with E-state index in [-0.39, 0.29) is 23.9 Å². The summed E-state index contributed by atoms with van der Waals surface area (Å²) < 4.78 is 7.51. The summed E-state index contributed by atoms with van der Waals surface area (Å²) in [7, 11) is 1.65. The van der Waals surface area contributed by atoms with E-state index in [9.17, 15) is 14.9 Å². The van der Waals surface area contributed by atoms with Gasteiger partial charge in [-0.05, 0) is 60.8 Å². The molecule has 2 heterocycles. The maximum atomic E-state index is 13.2. The summed E-state index contributed by atoms with van der Waals surface area (Å²) in [6.07, 6.45) is 4.82. The molecular formula is C31H34N4O4. The molecule has 0 saturated carbocycles. The Morgan fingerprint density at radius 3 is 2.44 bits per heavy atom. The van der Waals surface area contributed by atoms with Crippen molar-refractivity contribution in [3.8, 4) is 5.75 Å². The second-order valence-electron chi connectivity index (χ2n) is 10.1. The highest BCUT2D eigenvalue weighted by atomic mass is 16.6. The maximum absolute atomic E-state index is 13.2. The van der Waals surface area contributed by atoms with Crippen LogP contribution in [0.5, 0.6) is 5.75 Å². The van der Waals surface area contributed by atoms with Crippen LogP contribution in [-0.2, 0) is 11.3 Å². The number of benzene rings is 3. The monoisotopic (exact) mass is 526 g/mol. The van der Waals surface area contributed by atoms with Crippen molar-refractivity contribution in [1.82, 2.24) is 14.8 Å². The molecule has 39 heavy (non-hydrogen) atoms. The fourth-order valence-corrected chi connectivity index (χ4v) is 5.46. The topological polar surface area (TPSA) is 89.6 Å². The molecule has 0 spiro atoms. The number of hydrogen-bond acceptors (Lipinski definition) is 5. The second-order valence-corrected chi connectivity index (χ2v) is 10.1. The van der Waals surface area contributed by atoms with Gasteiger partial charge in [-0.2, -0.15) is 0 Å².